The third-order valence-corrected chi connectivity index (χ3v) is 5.63. The maximum Gasteiger partial charge on any atom is 0.177 e. The van der Waals surface area contributed by atoms with Gasteiger partial charge in [0.25, 0.3) is 0 Å². The molecule has 0 unspecified atom stereocenters. The molecular formula is C17H22N4OS. The summed E-state index contributed by atoms with van der Waals surface area (Å²) >= 11 is 1.56. The second kappa shape index (κ2) is 6.55. The van der Waals surface area contributed by atoms with Crippen molar-refractivity contribution in [1.82, 2.24) is 20.0 Å². The quantitative estimate of drug-likeness (QED) is 0.873. The zero-order valence-corrected chi connectivity index (χ0v) is 14.0. The van der Waals surface area contributed by atoms with Crippen LogP contribution < -0.4 is 5.32 Å². The van der Waals surface area contributed by atoms with Gasteiger partial charge in [-0.05, 0) is 36.9 Å². The Morgan fingerprint density at radius 2 is 2.39 bits per heavy atom. The number of hydrogen-bond donors (Lipinski definition) is 1. The van der Waals surface area contributed by atoms with Gasteiger partial charge in [-0.25, -0.2) is 0 Å². The van der Waals surface area contributed by atoms with Crippen LogP contribution in [0.15, 0.2) is 23.6 Å². The van der Waals surface area contributed by atoms with Crippen LogP contribution in [0.4, 0.5) is 0 Å². The molecule has 0 aliphatic carbocycles. The number of carbonyl (C=O) groups is 1. The molecule has 0 aromatic carbocycles. The molecule has 1 atom stereocenters. The minimum absolute atomic E-state index is 0.140. The molecule has 6 heteroatoms. The first kappa shape index (κ1) is 15.1. The number of ketones is 1. The lowest BCUT2D eigenvalue weighted by Crippen LogP contribution is -2.38. The van der Waals surface area contributed by atoms with Gasteiger partial charge in [0.1, 0.15) is 0 Å². The Morgan fingerprint density at radius 1 is 1.43 bits per heavy atom. The second-order valence-corrected chi connectivity index (χ2v) is 7.39. The highest BCUT2D eigenvalue weighted by Crippen LogP contribution is 2.24. The van der Waals surface area contributed by atoms with Crippen LogP contribution in [0.5, 0.6) is 0 Å². The highest BCUT2D eigenvalue weighted by Gasteiger charge is 2.27. The summed E-state index contributed by atoms with van der Waals surface area (Å²) < 4.78 is 2.12. The van der Waals surface area contributed by atoms with Gasteiger partial charge >= 0.3 is 0 Å². The lowest BCUT2D eigenvalue weighted by Gasteiger charge is -2.31. The first-order chi connectivity index (χ1) is 11.3. The van der Waals surface area contributed by atoms with Crippen LogP contribution >= 0.6 is 11.3 Å². The highest BCUT2D eigenvalue weighted by molar-refractivity contribution is 7.12. The van der Waals surface area contributed by atoms with Crippen LogP contribution in [0.3, 0.4) is 0 Å². The van der Waals surface area contributed by atoms with Gasteiger partial charge in [-0.2, -0.15) is 5.10 Å². The van der Waals surface area contributed by atoms with Gasteiger partial charge in [-0.1, -0.05) is 6.07 Å². The topological polar surface area (TPSA) is 50.2 Å². The molecular weight excluding hydrogens is 308 g/mol. The van der Waals surface area contributed by atoms with Crippen molar-refractivity contribution in [2.75, 3.05) is 19.6 Å². The molecule has 0 amide bonds. The lowest BCUT2D eigenvalue weighted by molar-refractivity contribution is 0.0814. The molecule has 0 bridgehead atoms. The molecule has 4 heterocycles. The summed E-state index contributed by atoms with van der Waals surface area (Å²) in [5.41, 5.74) is 2.40. The predicted molar refractivity (Wildman–Crippen MR) is 90.6 cm³/mol. The van der Waals surface area contributed by atoms with Crippen LogP contribution in [0.1, 0.15) is 33.9 Å². The molecule has 122 valence electrons. The number of nitrogens with one attached hydrogen (secondary N) is 1. The predicted octanol–water partition coefficient (Wildman–Crippen LogP) is 2.14. The largest absolute Gasteiger partial charge is 0.309 e. The smallest absolute Gasteiger partial charge is 0.177 e. The average molecular weight is 330 g/mol. The third-order valence-electron chi connectivity index (χ3n) is 4.75. The monoisotopic (exact) mass is 330 g/mol. The van der Waals surface area contributed by atoms with Crippen molar-refractivity contribution < 1.29 is 4.79 Å². The molecule has 0 saturated carbocycles. The van der Waals surface area contributed by atoms with Crippen molar-refractivity contribution >= 4 is 17.1 Å². The van der Waals surface area contributed by atoms with E-state index in [4.69, 9.17) is 5.10 Å². The van der Waals surface area contributed by atoms with E-state index in [0.29, 0.717) is 5.78 Å². The summed E-state index contributed by atoms with van der Waals surface area (Å²) in [4.78, 5) is 15.9. The van der Waals surface area contributed by atoms with Crippen molar-refractivity contribution in [3.63, 3.8) is 0 Å². The van der Waals surface area contributed by atoms with E-state index in [0.717, 1.165) is 62.7 Å². The fourth-order valence-corrected chi connectivity index (χ4v) is 4.34. The molecule has 0 radical (unpaired) electrons. The average Bonchev–Trinajstić information content (AvgIpc) is 3.23. The number of likely N-dealkylation sites (tertiary alicyclic amines) is 1. The van der Waals surface area contributed by atoms with Crippen LogP contribution in [0, 0.1) is 5.92 Å². The maximum absolute atomic E-state index is 12.6. The van der Waals surface area contributed by atoms with E-state index in [-0.39, 0.29) is 5.92 Å². The minimum Gasteiger partial charge on any atom is -0.309 e. The fourth-order valence-electron chi connectivity index (χ4n) is 3.59. The van der Waals surface area contributed by atoms with E-state index in [2.05, 4.69) is 21.0 Å². The van der Waals surface area contributed by atoms with Crippen LogP contribution in [-0.2, 0) is 19.6 Å². The number of hydrogen-bond acceptors (Lipinski definition) is 5. The van der Waals surface area contributed by atoms with E-state index >= 15 is 0 Å². The molecule has 2 aromatic heterocycles. The Morgan fingerprint density at radius 3 is 3.22 bits per heavy atom. The Bertz CT molecular complexity index is 655. The van der Waals surface area contributed by atoms with E-state index in [9.17, 15) is 4.79 Å². The van der Waals surface area contributed by atoms with Gasteiger partial charge in [0, 0.05) is 32.1 Å². The molecule has 1 fully saturated rings. The van der Waals surface area contributed by atoms with Crippen LogP contribution in [0.25, 0.3) is 0 Å². The molecule has 2 aromatic rings. The summed E-state index contributed by atoms with van der Waals surface area (Å²) in [6.07, 6.45) is 2.10. The van der Waals surface area contributed by atoms with Gasteiger partial charge in [-0.15, -0.1) is 11.3 Å². The van der Waals surface area contributed by atoms with Crippen molar-refractivity contribution in [2.45, 2.75) is 32.5 Å². The Labute approximate surface area is 140 Å². The van der Waals surface area contributed by atoms with Gasteiger partial charge < -0.3 is 5.32 Å². The number of carbonyl (C=O) groups excluding carboxylic acids is 1. The molecule has 1 saturated heterocycles. The number of piperidine rings is 1. The zero-order chi connectivity index (χ0) is 15.6. The molecule has 2 aliphatic heterocycles. The van der Waals surface area contributed by atoms with Gasteiger partial charge in [0.2, 0.25) is 0 Å². The molecule has 1 N–H and O–H groups in total. The first-order valence-corrected chi connectivity index (χ1v) is 9.24. The third kappa shape index (κ3) is 3.24. The summed E-state index contributed by atoms with van der Waals surface area (Å²) in [6, 6.07) is 6.11. The summed E-state index contributed by atoms with van der Waals surface area (Å²) in [5.74, 6) is 0.458. The van der Waals surface area contributed by atoms with Crippen molar-refractivity contribution in [3.05, 3.63) is 39.8 Å². The Balaban J connectivity index is 1.41. The zero-order valence-electron chi connectivity index (χ0n) is 13.2. The van der Waals surface area contributed by atoms with E-state index in [1.807, 2.05) is 17.5 Å². The maximum atomic E-state index is 12.6. The van der Waals surface area contributed by atoms with Crippen molar-refractivity contribution in [1.29, 1.82) is 0 Å². The fraction of sp³-hybridized carbons (Fsp3) is 0.529. The molecule has 5 nitrogen and oxygen atoms in total. The minimum atomic E-state index is 0.140. The van der Waals surface area contributed by atoms with Gasteiger partial charge in [-0.3, -0.25) is 14.4 Å². The normalized spacial score (nSPS) is 22.0. The van der Waals surface area contributed by atoms with Crippen LogP contribution in [0.2, 0.25) is 0 Å². The Hall–Kier alpha value is -1.50. The molecule has 23 heavy (non-hydrogen) atoms. The SMILES string of the molecule is O=C(c1cccs1)[C@@H]1CCCN(Cc2cc3n(n2)CCNC3)C1. The van der Waals surface area contributed by atoms with E-state index < -0.39 is 0 Å². The number of fused-ring (bicyclic) bond motifs is 1. The van der Waals surface area contributed by atoms with E-state index in [1.165, 1.54) is 5.69 Å². The number of rotatable bonds is 4. The van der Waals surface area contributed by atoms with Crippen LogP contribution in [-0.4, -0.2) is 40.1 Å². The number of thiophene rings is 1. The van der Waals surface area contributed by atoms with Gasteiger partial charge in [0.15, 0.2) is 5.78 Å². The molecule has 2 aliphatic rings. The number of nitrogens with zero attached hydrogens (tertiary/aromatic N) is 3. The van der Waals surface area contributed by atoms with E-state index in [1.54, 1.807) is 11.3 Å². The standard InChI is InChI=1S/C17H22N4OS/c22-17(16-4-2-8-23-16)13-3-1-6-20(11-13)12-14-9-15-10-18-5-7-21(15)19-14/h2,4,8-9,13,18H,1,3,5-7,10-12H2/t13-/m1/s1. The first-order valence-electron chi connectivity index (χ1n) is 8.36. The van der Waals surface area contributed by atoms with Crippen molar-refractivity contribution in [3.8, 4) is 0 Å². The lowest BCUT2D eigenvalue weighted by atomic mass is 9.93. The summed E-state index contributed by atoms with van der Waals surface area (Å²) in [7, 11) is 0. The summed E-state index contributed by atoms with van der Waals surface area (Å²) in [5, 5.41) is 10.1. The van der Waals surface area contributed by atoms with Crippen molar-refractivity contribution in [2.24, 2.45) is 5.92 Å². The summed E-state index contributed by atoms with van der Waals surface area (Å²) in [6.45, 7) is 5.64. The molecule has 4 rings (SSSR count). The second-order valence-electron chi connectivity index (χ2n) is 6.44. The van der Waals surface area contributed by atoms with Gasteiger partial charge in [0.05, 0.1) is 22.8 Å². The number of aromatic nitrogens is 2. The highest BCUT2D eigenvalue weighted by atomic mass is 32.1. The Kier molecular flexibility index (Phi) is 4.29. The number of Topliss-reactive ketones (excluding diaryl/α,β-unsaturated/α-hetero) is 1. The molecule has 0 spiro atoms.